The second-order valence-corrected chi connectivity index (χ2v) is 25.0. The molecule has 0 aromatic rings. The van der Waals surface area contributed by atoms with Crippen molar-refractivity contribution in [3.63, 3.8) is 0 Å². The predicted molar refractivity (Wildman–Crippen MR) is 134 cm³/mol. The standard InChI is InChI=1S/C40H34/c1-7-12-15-18-19-16-13-10-5-9-8-6-11-14-17-20-21-22-23-25(2,3)24-26(7,4)30(12)29(23,24)33(22)34(15,30)38(18)37(21,33)39(20)35(17)31(14)27(8,11)28(9,10)32(13,31)36(16,35)40(19,38)39/h7-24H,5-6H2,1-4H3. The summed E-state index contributed by atoms with van der Waals surface area (Å²) in [5.41, 5.74) is 16.3. The van der Waals surface area contributed by atoms with E-state index in [4.69, 9.17) is 0 Å². The number of rotatable bonds is 0. The van der Waals surface area contributed by atoms with E-state index in [0.29, 0.717) is 5.41 Å². The lowest BCUT2D eigenvalue weighted by Gasteiger charge is -3.54. The van der Waals surface area contributed by atoms with Gasteiger partial charge in [0.05, 0.1) is 0 Å². The molecule has 33 unspecified atom stereocenters. The molecule has 0 aromatic carbocycles. The normalized spacial score (nSPS) is 124. The smallest absolute Gasteiger partial charge is 0.00502 e. The first kappa shape index (κ1) is 15.3. The van der Waals surface area contributed by atoms with Crippen molar-refractivity contribution in [2.45, 2.75) is 40.5 Å². The molecule has 194 valence electrons. The third kappa shape index (κ3) is 0.380. The van der Waals surface area contributed by atoms with Gasteiger partial charge in [0.2, 0.25) is 0 Å². The summed E-state index contributed by atoms with van der Waals surface area (Å²) in [6, 6.07) is 0. The van der Waals surface area contributed by atoms with Gasteiger partial charge in [0.15, 0.2) is 0 Å². The molecule has 14 spiro atoms. The van der Waals surface area contributed by atoms with Gasteiger partial charge in [-0.15, -0.1) is 0 Å². The van der Waals surface area contributed by atoms with Crippen molar-refractivity contribution in [1.29, 1.82) is 0 Å². The van der Waals surface area contributed by atoms with E-state index < -0.39 is 0 Å². The number of fused-ring (bicyclic) bond motifs is 14. The van der Waals surface area contributed by atoms with E-state index in [1.807, 2.05) is 0 Å². The van der Waals surface area contributed by atoms with Crippen LogP contribution < -0.4 is 0 Å². The molecule has 0 aromatic heterocycles. The summed E-state index contributed by atoms with van der Waals surface area (Å²) in [5.74, 6) is 23.6. The first-order valence-electron chi connectivity index (χ1n) is 19.4. The van der Waals surface area contributed by atoms with Crippen LogP contribution in [0.2, 0.25) is 0 Å². The molecule has 24 fully saturated rings. The van der Waals surface area contributed by atoms with Crippen LogP contribution in [0.15, 0.2) is 0 Å². The van der Waals surface area contributed by atoms with Crippen LogP contribution in [0.3, 0.4) is 0 Å². The van der Waals surface area contributed by atoms with Crippen LogP contribution in [0.1, 0.15) is 40.5 Å². The van der Waals surface area contributed by atoms with Crippen LogP contribution in [-0.4, -0.2) is 0 Å². The van der Waals surface area contributed by atoms with E-state index in [1.54, 1.807) is 12.8 Å². The van der Waals surface area contributed by atoms with Gasteiger partial charge in [-0.05, 0) is 206 Å². The van der Waals surface area contributed by atoms with Crippen LogP contribution in [0.4, 0.5) is 0 Å². The highest BCUT2D eigenvalue weighted by Crippen LogP contribution is 3.55. The lowest BCUT2D eigenvalue weighted by Crippen LogP contribution is -3.52. The Morgan fingerprint density at radius 2 is 0.825 bits per heavy atom. The van der Waals surface area contributed by atoms with Gasteiger partial charge in [-0.2, -0.15) is 0 Å². The summed E-state index contributed by atoms with van der Waals surface area (Å²) in [5, 5.41) is 0. The van der Waals surface area contributed by atoms with Crippen molar-refractivity contribution in [1.82, 2.24) is 0 Å². The summed E-state index contributed by atoms with van der Waals surface area (Å²) in [4.78, 5) is 0. The zero-order valence-electron chi connectivity index (χ0n) is 23.8. The average molecular weight is 515 g/mol. The Morgan fingerprint density at radius 3 is 1.40 bits per heavy atom. The molecule has 24 aliphatic carbocycles. The molecule has 0 heterocycles. The van der Waals surface area contributed by atoms with E-state index in [-0.39, 0.29) is 0 Å². The van der Waals surface area contributed by atoms with E-state index in [0.717, 1.165) is 87.1 Å². The Hall–Kier alpha value is 0. The van der Waals surface area contributed by atoms with Gasteiger partial charge in [0, 0.05) is 0 Å². The van der Waals surface area contributed by atoms with Crippen LogP contribution >= 0.6 is 0 Å². The van der Waals surface area contributed by atoms with Crippen molar-refractivity contribution < 1.29 is 0 Å². The Kier molecular flexibility index (Phi) is 0.934. The average Bonchev–Trinajstić information content (AvgIpc) is 2.80. The monoisotopic (exact) mass is 514 g/mol. The second kappa shape index (κ2) is 2.44. The van der Waals surface area contributed by atoms with Crippen molar-refractivity contribution in [3.05, 3.63) is 0 Å². The summed E-state index contributed by atoms with van der Waals surface area (Å²) in [6.45, 7) is 11.5. The highest BCUT2D eigenvalue weighted by atomic mass is 15.6. The Labute approximate surface area is 233 Å². The second-order valence-electron chi connectivity index (χ2n) is 25.0. The van der Waals surface area contributed by atoms with Gasteiger partial charge in [-0.25, -0.2) is 0 Å². The van der Waals surface area contributed by atoms with Gasteiger partial charge in [-0.1, -0.05) is 27.7 Å². The van der Waals surface area contributed by atoms with Crippen molar-refractivity contribution in [3.8, 4) is 0 Å². The summed E-state index contributed by atoms with van der Waals surface area (Å²) >= 11 is 0. The van der Waals surface area contributed by atoms with Crippen LogP contribution in [0, 0.1) is 193 Å². The molecule has 0 bridgehead atoms. The molecule has 24 saturated carbocycles. The van der Waals surface area contributed by atoms with Gasteiger partial charge < -0.3 is 0 Å². The third-order valence-electron chi connectivity index (χ3n) is 31.5. The lowest BCUT2D eigenvalue weighted by molar-refractivity contribution is -1.09. The molecule has 0 aliphatic heterocycles. The Bertz CT molecular complexity index is 2190. The van der Waals surface area contributed by atoms with Gasteiger partial charge in [-0.3, -0.25) is 0 Å². The van der Waals surface area contributed by atoms with E-state index >= 15 is 0 Å². The minimum absolute atomic E-state index is 0.711. The highest BCUT2D eigenvalue weighted by Gasteiger charge is 3.54. The van der Waals surface area contributed by atoms with Gasteiger partial charge in [0.1, 0.15) is 0 Å². The molecule has 24 aliphatic rings. The molecule has 0 heteroatoms. The summed E-state index contributed by atoms with van der Waals surface area (Å²) in [6.07, 6.45) is 3.56. The van der Waals surface area contributed by atoms with E-state index in [2.05, 4.69) is 27.7 Å². The Morgan fingerprint density at radius 1 is 0.400 bits per heavy atom. The number of hydrogen-bond donors (Lipinski definition) is 0. The number of hydrogen-bond acceptors (Lipinski definition) is 0. The molecular formula is C40H34. The zero-order valence-corrected chi connectivity index (χ0v) is 23.8. The minimum atomic E-state index is 0.711. The minimum Gasteiger partial charge on any atom is -0.0617 e. The fourth-order valence-corrected chi connectivity index (χ4v) is 38.6. The topological polar surface area (TPSA) is 0 Å². The van der Waals surface area contributed by atoms with Gasteiger partial charge >= 0.3 is 0 Å². The SMILES string of the molecule is CC1C2C3C4C5C6C7C8CC9C%10CC%11C%12C%13C%14C%15C%16C%17C(C)(C)C%18C1(C)C21C%17%18C%162C31C41C%152C%142C%133C%124C%10%11C98C74C63C512. The largest absolute Gasteiger partial charge is 0.0617 e. The molecule has 0 N–H and O–H groups in total. The molecule has 0 nitrogen and oxygen atoms in total. The van der Waals surface area contributed by atoms with Crippen molar-refractivity contribution in [2.24, 2.45) is 193 Å². The predicted octanol–water partition coefficient (Wildman–Crippen LogP) is 5.05. The lowest BCUT2D eigenvalue weighted by atomic mass is 8.49. The first-order valence-corrected chi connectivity index (χ1v) is 19.4. The molecule has 0 amide bonds. The fraction of sp³-hybridized carbons (Fsp3) is 1.00. The molecule has 33 atom stereocenters. The highest BCUT2D eigenvalue weighted by molar-refractivity contribution is 5.99. The molecule has 40 heavy (non-hydrogen) atoms. The van der Waals surface area contributed by atoms with Gasteiger partial charge in [0.25, 0.3) is 0 Å². The molecule has 0 saturated heterocycles. The molecule has 0 radical (unpaired) electrons. The third-order valence-corrected chi connectivity index (χ3v) is 31.5. The van der Waals surface area contributed by atoms with Crippen molar-refractivity contribution in [2.75, 3.05) is 0 Å². The van der Waals surface area contributed by atoms with E-state index in [1.165, 1.54) is 101 Å². The maximum atomic E-state index is 2.98. The van der Waals surface area contributed by atoms with Crippen LogP contribution in [0.25, 0.3) is 0 Å². The zero-order chi connectivity index (χ0) is 23.8. The van der Waals surface area contributed by atoms with Crippen molar-refractivity contribution >= 4 is 0 Å². The summed E-state index contributed by atoms with van der Waals surface area (Å²) < 4.78 is 0. The maximum Gasteiger partial charge on any atom is -0.00502 e. The summed E-state index contributed by atoms with van der Waals surface area (Å²) in [7, 11) is 0. The van der Waals surface area contributed by atoms with Crippen LogP contribution in [-0.2, 0) is 0 Å². The fourth-order valence-electron chi connectivity index (χ4n) is 38.6. The van der Waals surface area contributed by atoms with E-state index in [9.17, 15) is 0 Å². The first-order chi connectivity index (χ1) is 19.4. The molecule has 24 rings (SSSR count). The molecular weight excluding hydrogens is 480 g/mol. The Balaban J connectivity index is 0.921. The quantitative estimate of drug-likeness (QED) is 0.425. The van der Waals surface area contributed by atoms with Crippen LogP contribution in [0.5, 0.6) is 0 Å². The maximum absolute atomic E-state index is 2.98.